The predicted octanol–water partition coefficient (Wildman–Crippen LogP) is 13.3. The van der Waals surface area contributed by atoms with Gasteiger partial charge in [-0.3, -0.25) is 4.98 Å². The molecule has 0 atom stereocenters. The highest BCUT2D eigenvalue weighted by Gasteiger charge is 2.17. The number of benzene rings is 8. The van der Waals surface area contributed by atoms with E-state index < -0.39 is 0 Å². The van der Waals surface area contributed by atoms with Gasteiger partial charge in [0.15, 0.2) is 17.5 Å². The summed E-state index contributed by atoms with van der Waals surface area (Å²) in [6, 6.07) is 62.1. The Hall–Kier alpha value is -7.30. The number of hydrogen-bond donors (Lipinski definition) is 0. The molecule has 10 aromatic rings. The summed E-state index contributed by atoms with van der Waals surface area (Å²) in [4.78, 5) is 20.3. The number of aryl methyl sites for hydroxylation is 2. The summed E-state index contributed by atoms with van der Waals surface area (Å²) in [7, 11) is 0. The second kappa shape index (κ2) is 13.8. The van der Waals surface area contributed by atoms with Crippen LogP contribution in [0.5, 0.6) is 0 Å². The van der Waals surface area contributed by atoms with E-state index in [4.69, 9.17) is 19.9 Å². The summed E-state index contributed by atoms with van der Waals surface area (Å²) in [5.41, 5.74) is 12.9. The number of rotatable bonds is 6. The molecule has 0 aliphatic heterocycles. The van der Waals surface area contributed by atoms with Gasteiger partial charge in [-0.2, -0.15) is 0 Å². The fourth-order valence-corrected chi connectivity index (χ4v) is 7.91. The highest BCUT2D eigenvalue weighted by atomic mass is 15.0. The molecule has 0 radical (unpaired) electrons. The van der Waals surface area contributed by atoms with Crippen LogP contribution in [0.4, 0.5) is 0 Å². The standard InChI is InChI=1S/C52H36N4/c1-33-23-34(2)25-40(24-33)44-26-39-22-21-37(31-49(39)53-32-44)41-27-42(48-30-38-17-9-10-18-45(38)46-19-11-12-20-47(46)48)29-43(28-41)52-55-50(35-13-5-3-6-14-35)54-51(56-52)36-15-7-4-8-16-36/h3-32H,1-2H3. The molecule has 8 aromatic carbocycles. The zero-order chi connectivity index (χ0) is 37.6. The highest BCUT2D eigenvalue weighted by molar-refractivity contribution is 6.14. The van der Waals surface area contributed by atoms with Crippen LogP contribution in [-0.2, 0) is 0 Å². The minimum atomic E-state index is 0.614. The molecule has 10 rings (SSSR count). The van der Waals surface area contributed by atoms with Crippen LogP contribution in [0.25, 0.3) is 100.0 Å². The van der Waals surface area contributed by atoms with Crippen molar-refractivity contribution >= 4 is 32.4 Å². The Morgan fingerprint density at radius 2 is 0.875 bits per heavy atom. The molecule has 0 fully saturated rings. The zero-order valence-corrected chi connectivity index (χ0v) is 31.1. The fourth-order valence-electron chi connectivity index (χ4n) is 7.91. The molecule has 0 amide bonds. The third-order valence-corrected chi connectivity index (χ3v) is 10.5. The van der Waals surface area contributed by atoms with Gasteiger partial charge in [0.2, 0.25) is 0 Å². The van der Waals surface area contributed by atoms with E-state index in [0.717, 1.165) is 55.4 Å². The Morgan fingerprint density at radius 3 is 1.57 bits per heavy atom. The lowest BCUT2D eigenvalue weighted by atomic mass is 9.90. The van der Waals surface area contributed by atoms with Gasteiger partial charge in [0.25, 0.3) is 0 Å². The van der Waals surface area contributed by atoms with E-state index in [-0.39, 0.29) is 0 Å². The topological polar surface area (TPSA) is 51.6 Å². The van der Waals surface area contributed by atoms with Crippen molar-refractivity contribution in [3.8, 4) is 67.5 Å². The summed E-state index contributed by atoms with van der Waals surface area (Å²) in [5.74, 6) is 1.88. The first-order valence-corrected chi connectivity index (χ1v) is 18.9. The van der Waals surface area contributed by atoms with Gasteiger partial charge in [0, 0.05) is 33.8 Å². The first kappa shape index (κ1) is 33.3. The lowest BCUT2D eigenvalue weighted by Crippen LogP contribution is -2.00. The van der Waals surface area contributed by atoms with Gasteiger partial charge in [-0.1, -0.05) is 151 Å². The summed E-state index contributed by atoms with van der Waals surface area (Å²) >= 11 is 0. The maximum absolute atomic E-state index is 5.15. The highest BCUT2D eigenvalue weighted by Crippen LogP contribution is 2.39. The van der Waals surface area contributed by atoms with Gasteiger partial charge in [-0.15, -0.1) is 0 Å². The van der Waals surface area contributed by atoms with Gasteiger partial charge in [0.05, 0.1) is 5.52 Å². The molecule has 0 N–H and O–H groups in total. The second-order valence-electron chi connectivity index (χ2n) is 14.5. The predicted molar refractivity (Wildman–Crippen MR) is 232 cm³/mol. The number of hydrogen-bond acceptors (Lipinski definition) is 4. The molecule has 0 aliphatic carbocycles. The second-order valence-corrected chi connectivity index (χ2v) is 14.5. The fraction of sp³-hybridized carbons (Fsp3) is 0.0385. The molecule has 0 spiro atoms. The normalized spacial score (nSPS) is 11.4. The zero-order valence-electron chi connectivity index (χ0n) is 31.1. The largest absolute Gasteiger partial charge is 0.256 e. The van der Waals surface area contributed by atoms with E-state index in [1.54, 1.807) is 0 Å². The molecule has 0 saturated heterocycles. The van der Waals surface area contributed by atoms with Gasteiger partial charge < -0.3 is 0 Å². The third-order valence-electron chi connectivity index (χ3n) is 10.5. The van der Waals surface area contributed by atoms with Crippen LogP contribution in [0.3, 0.4) is 0 Å². The Morgan fingerprint density at radius 1 is 0.321 bits per heavy atom. The van der Waals surface area contributed by atoms with Crippen molar-refractivity contribution in [1.82, 2.24) is 19.9 Å². The van der Waals surface area contributed by atoms with Crippen LogP contribution < -0.4 is 0 Å². The van der Waals surface area contributed by atoms with Crippen LogP contribution in [-0.4, -0.2) is 19.9 Å². The molecule has 0 bridgehead atoms. The lowest BCUT2D eigenvalue weighted by Gasteiger charge is -2.15. The Labute approximate surface area is 325 Å². The lowest BCUT2D eigenvalue weighted by molar-refractivity contribution is 1.07. The molecule has 0 aliphatic rings. The number of fused-ring (bicyclic) bond motifs is 4. The van der Waals surface area contributed by atoms with Gasteiger partial charge in [0.1, 0.15) is 0 Å². The molecule has 4 nitrogen and oxygen atoms in total. The van der Waals surface area contributed by atoms with Crippen molar-refractivity contribution in [1.29, 1.82) is 0 Å². The molecule has 56 heavy (non-hydrogen) atoms. The van der Waals surface area contributed by atoms with Crippen molar-refractivity contribution in [3.05, 3.63) is 193 Å². The van der Waals surface area contributed by atoms with Gasteiger partial charge in [-0.05, 0) is 99.6 Å². The average molecular weight is 717 g/mol. The Bertz CT molecular complexity index is 3020. The van der Waals surface area contributed by atoms with Crippen molar-refractivity contribution in [3.63, 3.8) is 0 Å². The van der Waals surface area contributed by atoms with Crippen LogP contribution in [0.2, 0.25) is 0 Å². The number of nitrogens with zero attached hydrogens (tertiary/aromatic N) is 4. The minimum absolute atomic E-state index is 0.614. The molecule has 264 valence electrons. The third kappa shape index (κ3) is 6.27. The van der Waals surface area contributed by atoms with E-state index in [1.807, 2.05) is 66.9 Å². The van der Waals surface area contributed by atoms with Crippen LogP contribution in [0.15, 0.2) is 182 Å². The van der Waals surface area contributed by atoms with E-state index in [1.165, 1.54) is 38.2 Å². The van der Waals surface area contributed by atoms with Gasteiger partial charge >= 0.3 is 0 Å². The quantitative estimate of drug-likeness (QED) is 0.161. The molecular weight excluding hydrogens is 681 g/mol. The molecular formula is C52H36N4. The molecule has 2 heterocycles. The Balaban J connectivity index is 1.19. The summed E-state index contributed by atoms with van der Waals surface area (Å²) in [5, 5.41) is 5.95. The Kier molecular flexibility index (Phi) is 8.23. The maximum atomic E-state index is 5.15. The van der Waals surface area contributed by atoms with Crippen molar-refractivity contribution in [2.45, 2.75) is 13.8 Å². The number of aromatic nitrogens is 4. The van der Waals surface area contributed by atoms with Crippen molar-refractivity contribution in [2.24, 2.45) is 0 Å². The molecule has 2 aromatic heterocycles. The smallest absolute Gasteiger partial charge is 0.164 e. The van der Waals surface area contributed by atoms with Crippen molar-refractivity contribution in [2.75, 3.05) is 0 Å². The van der Waals surface area contributed by atoms with Crippen LogP contribution >= 0.6 is 0 Å². The first-order chi connectivity index (χ1) is 27.5. The van der Waals surface area contributed by atoms with E-state index in [0.29, 0.717) is 17.5 Å². The average Bonchev–Trinajstić information content (AvgIpc) is 3.25. The molecule has 4 heteroatoms. The monoisotopic (exact) mass is 716 g/mol. The summed E-state index contributed by atoms with van der Waals surface area (Å²) < 4.78 is 0. The van der Waals surface area contributed by atoms with E-state index >= 15 is 0 Å². The molecule has 0 unspecified atom stereocenters. The summed E-state index contributed by atoms with van der Waals surface area (Å²) in [6.45, 7) is 4.28. The van der Waals surface area contributed by atoms with Crippen molar-refractivity contribution < 1.29 is 0 Å². The number of pyridine rings is 1. The molecule has 0 saturated carbocycles. The maximum Gasteiger partial charge on any atom is 0.164 e. The minimum Gasteiger partial charge on any atom is -0.256 e. The van der Waals surface area contributed by atoms with E-state index in [9.17, 15) is 0 Å². The van der Waals surface area contributed by atoms with E-state index in [2.05, 4.69) is 129 Å². The SMILES string of the molecule is Cc1cc(C)cc(-c2cnc3cc(-c4cc(-c5nc(-c6ccccc6)nc(-c6ccccc6)n5)cc(-c5cc6ccccc6c6ccccc56)c4)ccc3c2)c1. The van der Waals surface area contributed by atoms with Crippen LogP contribution in [0, 0.1) is 13.8 Å². The van der Waals surface area contributed by atoms with Gasteiger partial charge in [-0.25, -0.2) is 15.0 Å². The first-order valence-electron chi connectivity index (χ1n) is 18.9. The van der Waals surface area contributed by atoms with Crippen LogP contribution in [0.1, 0.15) is 11.1 Å². The summed E-state index contributed by atoms with van der Waals surface area (Å²) in [6.07, 6.45) is 1.99.